The Morgan fingerprint density at radius 1 is 1.55 bits per heavy atom. The van der Waals surface area contributed by atoms with Gasteiger partial charge in [0.1, 0.15) is 0 Å². The Hall–Kier alpha value is -0.0800. The zero-order valence-corrected chi connectivity index (χ0v) is 7.47. The van der Waals surface area contributed by atoms with Gasteiger partial charge < -0.3 is 4.74 Å². The Morgan fingerprint density at radius 2 is 2.36 bits per heavy atom. The largest absolute Gasteiger partial charge is 0.383 e. The number of methoxy groups -OCH3 is 1. The molecule has 11 heavy (non-hydrogen) atoms. The molecule has 0 radical (unpaired) electrons. The summed E-state index contributed by atoms with van der Waals surface area (Å²) in [5.41, 5.74) is 0.453. The molecule has 2 rings (SSSR count). The minimum atomic E-state index is 0.453. The highest BCUT2D eigenvalue weighted by Gasteiger charge is 2.52. The van der Waals surface area contributed by atoms with Gasteiger partial charge in [0.05, 0.1) is 6.61 Å². The Labute approximate surface area is 68.5 Å². The topological polar surface area (TPSA) is 12.5 Å². The average Bonchev–Trinajstić information content (AvgIpc) is 2.14. The summed E-state index contributed by atoms with van der Waals surface area (Å²) in [4.78, 5) is 2.58. The Balaban J connectivity index is 2.08. The quantitative estimate of drug-likeness (QED) is 0.592. The molecule has 0 unspecified atom stereocenters. The van der Waals surface area contributed by atoms with Gasteiger partial charge in [0.2, 0.25) is 0 Å². The maximum absolute atomic E-state index is 5.28. The fourth-order valence-electron chi connectivity index (χ4n) is 2.62. The van der Waals surface area contributed by atoms with Crippen molar-refractivity contribution >= 4 is 0 Å². The van der Waals surface area contributed by atoms with Gasteiger partial charge in [-0.2, -0.15) is 0 Å². The number of rotatable bonds is 2. The maximum Gasteiger partial charge on any atom is 0.0649 e. The fraction of sp³-hybridized carbons (Fsp3) is 1.00. The van der Waals surface area contributed by atoms with E-state index in [4.69, 9.17) is 4.74 Å². The third-order valence-electron chi connectivity index (χ3n) is 3.59. The van der Waals surface area contributed by atoms with Crippen LogP contribution in [0, 0.1) is 5.92 Å². The van der Waals surface area contributed by atoms with Crippen LogP contribution in [0.15, 0.2) is 0 Å². The maximum atomic E-state index is 5.28. The van der Waals surface area contributed by atoms with Crippen LogP contribution in [0.5, 0.6) is 0 Å². The number of fused-ring (bicyclic) bond motifs is 1. The lowest BCUT2D eigenvalue weighted by Crippen LogP contribution is -2.61. The van der Waals surface area contributed by atoms with Crippen molar-refractivity contribution in [1.82, 2.24) is 4.90 Å². The molecule has 2 atom stereocenters. The van der Waals surface area contributed by atoms with Crippen molar-refractivity contribution in [3.8, 4) is 0 Å². The summed E-state index contributed by atoms with van der Waals surface area (Å²) in [6.07, 6.45) is 2.71. The van der Waals surface area contributed by atoms with E-state index >= 15 is 0 Å². The third kappa shape index (κ3) is 0.859. The molecule has 2 aliphatic rings. The van der Waals surface area contributed by atoms with Crippen molar-refractivity contribution in [1.29, 1.82) is 0 Å². The van der Waals surface area contributed by atoms with Crippen LogP contribution in [-0.2, 0) is 4.74 Å². The van der Waals surface area contributed by atoms with E-state index in [1.807, 2.05) is 7.11 Å². The molecule has 0 bridgehead atoms. The first kappa shape index (κ1) is 7.56. The lowest BCUT2D eigenvalue weighted by molar-refractivity contribution is -0.0550. The standard InChI is InChI=1S/C9H17NO/c1-8-3-5-10-6-4-9(8,10)7-11-2/h8H,3-7H2,1-2H3/t8-,9+/m1/s1. The summed E-state index contributed by atoms with van der Waals surface area (Å²) in [7, 11) is 1.82. The first-order valence-electron chi connectivity index (χ1n) is 4.53. The van der Waals surface area contributed by atoms with Crippen LogP contribution in [0.25, 0.3) is 0 Å². The van der Waals surface area contributed by atoms with Crippen LogP contribution in [0.4, 0.5) is 0 Å². The van der Waals surface area contributed by atoms with Gasteiger partial charge in [-0.05, 0) is 25.3 Å². The molecule has 0 N–H and O–H groups in total. The van der Waals surface area contributed by atoms with Gasteiger partial charge in [-0.1, -0.05) is 6.92 Å². The highest BCUT2D eigenvalue weighted by Crippen LogP contribution is 2.44. The van der Waals surface area contributed by atoms with E-state index in [0.29, 0.717) is 5.54 Å². The normalized spacial score (nSPS) is 43.6. The predicted octanol–water partition coefficient (Wildman–Crippen LogP) is 1.12. The molecule has 0 aromatic carbocycles. The molecular formula is C9H17NO. The van der Waals surface area contributed by atoms with Crippen LogP contribution >= 0.6 is 0 Å². The number of ether oxygens (including phenoxy) is 1. The Morgan fingerprint density at radius 3 is 2.82 bits per heavy atom. The van der Waals surface area contributed by atoms with Crippen LogP contribution in [-0.4, -0.2) is 37.2 Å². The number of hydrogen-bond donors (Lipinski definition) is 0. The monoisotopic (exact) mass is 155 g/mol. The molecule has 2 heteroatoms. The van der Waals surface area contributed by atoms with Crippen molar-refractivity contribution in [2.75, 3.05) is 26.8 Å². The first-order chi connectivity index (χ1) is 5.29. The summed E-state index contributed by atoms with van der Waals surface area (Å²) in [6, 6.07) is 0. The van der Waals surface area contributed by atoms with Gasteiger partial charge in [0, 0.05) is 19.2 Å². The summed E-state index contributed by atoms with van der Waals surface area (Å²) in [5.74, 6) is 0.844. The van der Waals surface area contributed by atoms with Crippen molar-refractivity contribution in [2.24, 2.45) is 5.92 Å². The van der Waals surface area contributed by atoms with E-state index in [1.54, 1.807) is 0 Å². The molecule has 0 spiro atoms. The first-order valence-corrected chi connectivity index (χ1v) is 4.53. The Bertz CT molecular complexity index is 152. The van der Waals surface area contributed by atoms with E-state index in [0.717, 1.165) is 12.5 Å². The number of nitrogens with zero attached hydrogens (tertiary/aromatic N) is 1. The highest BCUT2D eigenvalue weighted by atomic mass is 16.5. The van der Waals surface area contributed by atoms with E-state index in [2.05, 4.69) is 11.8 Å². The van der Waals surface area contributed by atoms with Gasteiger partial charge in [0.15, 0.2) is 0 Å². The van der Waals surface area contributed by atoms with Gasteiger partial charge in [-0.3, -0.25) is 4.90 Å². The molecule has 0 aliphatic carbocycles. The zero-order valence-electron chi connectivity index (χ0n) is 7.47. The van der Waals surface area contributed by atoms with E-state index in [-0.39, 0.29) is 0 Å². The molecular weight excluding hydrogens is 138 g/mol. The minimum absolute atomic E-state index is 0.453. The molecule has 2 nitrogen and oxygen atoms in total. The van der Waals surface area contributed by atoms with Crippen molar-refractivity contribution in [3.63, 3.8) is 0 Å². The van der Waals surface area contributed by atoms with Gasteiger partial charge >= 0.3 is 0 Å². The zero-order chi connectivity index (χ0) is 7.90. The smallest absolute Gasteiger partial charge is 0.0649 e. The molecule has 64 valence electrons. The molecule has 0 aromatic heterocycles. The molecule has 2 fully saturated rings. The van der Waals surface area contributed by atoms with Crippen molar-refractivity contribution in [3.05, 3.63) is 0 Å². The van der Waals surface area contributed by atoms with E-state index < -0.39 is 0 Å². The van der Waals surface area contributed by atoms with Crippen LogP contribution in [0.2, 0.25) is 0 Å². The van der Waals surface area contributed by atoms with Crippen molar-refractivity contribution in [2.45, 2.75) is 25.3 Å². The van der Waals surface area contributed by atoms with Crippen LogP contribution in [0.1, 0.15) is 19.8 Å². The van der Waals surface area contributed by atoms with Crippen LogP contribution in [0.3, 0.4) is 0 Å². The minimum Gasteiger partial charge on any atom is -0.383 e. The van der Waals surface area contributed by atoms with Crippen molar-refractivity contribution < 1.29 is 4.74 Å². The average molecular weight is 155 g/mol. The van der Waals surface area contributed by atoms with Crippen LogP contribution < -0.4 is 0 Å². The molecule has 0 saturated carbocycles. The summed E-state index contributed by atoms with van der Waals surface area (Å²) in [5, 5.41) is 0. The lowest BCUT2D eigenvalue weighted by Gasteiger charge is -2.50. The lowest BCUT2D eigenvalue weighted by atomic mass is 9.78. The van der Waals surface area contributed by atoms with E-state index in [1.165, 1.54) is 25.9 Å². The second-order valence-electron chi connectivity index (χ2n) is 3.96. The third-order valence-corrected chi connectivity index (χ3v) is 3.59. The Kier molecular flexibility index (Phi) is 1.69. The van der Waals surface area contributed by atoms with Gasteiger partial charge in [0.25, 0.3) is 0 Å². The van der Waals surface area contributed by atoms with E-state index in [9.17, 15) is 0 Å². The molecule has 2 heterocycles. The molecule has 2 aliphatic heterocycles. The molecule has 2 saturated heterocycles. The molecule has 0 aromatic rings. The summed E-state index contributed by atoms with van der Waals surface area (Å²) < 4.78 is 5.28. The second-order valence-corrected chi connectivity index (χ2v) is 3.96. The molecule has 0 amide bonds. The predicted molar refractivity (Wildman–Crippen MR) is 44.6 cm³/mol. The second kappa shape index (κ2) is 2.46. The van der Waals surface area contributed by atoms with Gasteiger partial charge in [-0.25, -0.2) is 0 Å². The summed E-state index contributed by atoms with van der Waals surface area (Å²) in [6.45, 7) is 5.89. The highest BCUT2D eigenvalue weighted by molar-refractivity contribution is 5.07. The summed E-state index contributed by atoms with van der Waals surface area (Å²) >= 11 is 0. The number of hydrogen-bond acceptors (Lipinski definition) is 2. The fourth-order valence-corrected chi connectivity index (χ4v) is 2.62. The SMILES string of the molecule is COC[C@]12CCN1CC[C@H]2C. The van der Waals surface area contributed by atoms with Gasteiger partial charge in [-0.15, -0.1) is 0 Å².